The molecule has 130 valence electrons. The molecular formula is C21H24N2O2. The second-order valence-electron chi connectivity index (χ2n) is 6.75. The number of hydrogen-bond acceptors (Lipinski definition) is 2. The van der Waals surface area contributed by atoms with Crippen molar-refractivity contribution in [2.24, 2.45) is 0 Å². The second kappa shape index (κ2) is 7.09. The van der Waals surface area contributed by atoms with Gasteiger partial charge in [-0.1, -0.05) is 29.8 Å². The number of benzene rings is 2. The highest BCUT2D eigenvalue weighted by molar-refractivity contribution is 5.99. The van der Waals surface area contributed by atoms with Crippen molar-refractivity contribution in [1.29, 1.82) is 0 Å². The average Bonchev–Trinajstić information content (AvgIpc) is 3.01. The molecule has 1 atom stereocenters. The Morgan fingerprint density at radius 1 is 1.16 bits per heavy atom. The lowest BCUT2D eigenvalue weighted by molar-refractivity contribution is -0.117. The molecule has 0 aromatic heterocycles. The molecule has 0 spiro atoms. The molecule has 2 aromatic rings. The number of carbonyl (C=O) groups is 2. The molecule has 1 saturated heterocycles. The van der Waals surface area contributed by atoms with Gasteiger partial charge >= 0.3 is 0 Å². The molecule has 4 nitrogen and oxygen atoms in total. The van der Waals surface area contributed by atoms with Gasteiger partial charge in [0, 0.05) is 24.2 Å². The summed E-state index contributed by atoms with van der Waals surface area (Å²) < 4.78 is 0. The van der Waals surface area contributed by atoms with Gasteiger partial charge in [0.2, 0.25) is 5.91 Å². The van der Waals surface area contributed by atoms with Crippen molar-refractivity contribution in [2.75, 3.05) is 11.4 Å². The van der Waals surface area contributed by atoms with Crippen LogP contribution >= 0.6 is 0 Å². The standard InChI is InChI=1S/C21H24N2O2/c1-14-9-10-19(15(2)12-14)16(3)22-21(25)17-6-4-7-18(13-17)23-11-5-8-20(23)24/h4,6-7,9-10,12-13,16H,5,8,11H2,1-3H3,(H,22,25)/t16-/m1/s1. The Morgan fingerprint density at radius 3 is 2.64 bits per heavy atom. The van der Waals surface area contributed by atoms with Gasteiger partial charge in [0.05, 0.1) is 6.04 Å². The van der Waals surface area contributed by atoms with Crippen LogP contribution in [0.15, 0.2) is 42.5 Å². The summed E-state index contributed by atoms with van der Waals surface area (Å²) >= 11 is 0. The second-order valence-corrected chi connectivity index (χ2v) is 6.75. The Kier molecular flexibility index (Phi) is 4.88. The van der Waals surface area contributed by atoms with Crippen LogP contribution in [0, 0.1) is 13.8 Å². The minimum Gasteiger partial charge on any atom is -0.346 e. The summed E-state index contributed by atoms with van der Waals surface area (Å²) in [5, 5.41) is 3.06. The molecule has 3 rings (SSSR count). The van der Waals surface area contributed by atoms with Crippen LogP contribution in [0.3, 0.4) is 0 Å². The van der Waals surface area contributed by atoms with Crippen molar-refractivity contribution in [2.45, 2.75) is 39.7 Å². The third-order valence-electron chi connectivity index (χ3n) is 4.73. The van der Waals surface area contributed by atoms with Crippen LogP contribution in [0.4, 0.5) is 5.69 Å². The van der Waals surface area contributed by atoms with Crippen LogP contribution in [0.5, 0.6) is 0 Å². The van der Waals surface area contributed by atoms with E-state index < -0.39 is 0 Å². The van der Waals surface area contributed by atoms with Crippen molar-refractivity contribution in [3.63, 3.8) is 0 Å². The highest BCUT2D eigenvalue weighted by atomic mass is 16.2. The van der Waals surface area contributed by atoms with Crippen LogP contribution in [0.1, 0.15) is 52.9 Å². The van der Waals surface area contributed by atoms with Gasteiger partial charge in [0.25, 0.3) is 5.91 Å². The number of nitrogens with one attached hydrogen (secondary N) is 1. The molecule has 0 unspecified atom stereocenters. The Bertz CT molecular complexity index is 813. The molecule has 4 heteroatoms. The van der Waals surface area contributed by atoms with Crippen LogP contribution in [-0.4, -0.2) is 18.4 Å². The Labute approximate surface area is 148 Å². The first-order valence-corrected chi connectivity index (χ1v) is 8.74. The lowest BCUT2D eigenvalue weighted by atomic mass is 10.00. The molecular weight excluding hydrogens is 312 g/mol. The number of amides is 2. The summed E-state index contributed by atoms with van der Waals surface area (Å²) in [6.07, 6.45) is 1.46. The highest BCUT2D eigenvalue weighted by Gasteiger charge is 2.22. The van der Waals surface area contributed by atoms with Crippen LogP contribution in [0.2, 0.25) is 0 Å². The van der Waals surface area contributed by atoms with E-state index in [1.807, 2.05) is 19.1 Å². The van der Waals surface area contributed by atoms with E-state index in [1.165, 1.54) is 11.1 Å². The lowest BCUT2D eigenvalue weighted by Crippen LogP contribution is -2.28. The molecule has 2 amide bonds. The minimum atomic E-state index is -0.124. The zero-order chi connectivity index (χ0) is 18.0. The quantitative estimate of drug-likeness (QED) is 0.920. The van der Waals surface area contributed by atoms with E-state index in [0.29, 0.717) is 12.0 Å². The SMILES string of the molecule is Cc1ccc([C@@H](C)NC(=O)c2cccc(N3CCCC3=O)c2)c(C)c1. The summed E-state index contributed by atoms with van der Waals surface area (Å²) in [7, 11) is 0. The van der Waals surface area contributed by atoms with Gasteiger partial charge in [-0.3, -0.25) is 9.59 Å². The average molecular weight is 336 g/mol. The molecule has 1 aliphatic rings. The van der Waals surface area contributed by atoms with Gasteiger partial charge in [-0.15, -0.1) is 0 Å². The summed E-state index contributed by atoms with van der Waals surface area (Å²) in [6, 6.07) is 13.5. The largest absolute Gasteiger partial charge is 0.346 e. The normalized spacial score (nSPS) is 15.3. The molecule has 1 heterocycles. The number of hydrogen-bond donors (Lipinski definition) is 1. The first kappa shape index (κ1) is 17.2. The fraction of sp³-hybridized carbons (Fsp3) is 0.333. The van der Waals surface area contributed by atoms with Crippen LogP contribution < -0.4 is 10.2 Å². The van der Waals surface area contributed by atoms with E-state index >= 15 is 0 Å². The van der Waals surface area contributed by atoms with Gasteiger partial charge in [-0.05, 0) is 56.5 Å². The van der Waals surface area contributed by atoms with Crippen molar-refractivity contribution < 1.29 is 9.59 Å². The maximum absolute atomic E-state index is 12.6. The number of carbonyl (C=O) groups excluding carboxylic acids is 2. The summed E-state index contributed by atoms with van der Waals surface area (Å²) in [6.45, 7) is 6.84. The van der Waals surface area contributed by atoms with E-state index in [-0.39, 0.29) is 17.9 Å². The van der Waals surface area contributed by atoms with Crippen LogP contribution in [-0.2, 0) is 4.79 Å². The van der Waals surface area contributed by atoms with Crippen molar-refractivity contribution >= 4 is 17.5 Å². The fourth-order valence-electron chi connectivity index (χ4n) is 3.41. The van der Waals surface area contributed by atoms with Gasteiger partial charge in [-0.25, -0.2) is 0 Å². The highest BCUT2D eigenvalue weighted by Crippen LogP contribution is 2.23. The lowest BCUT2D eigenvalue weighted by Gasteiger charge is -2.19. The summed E-state index contributed by atoms with van der Waals surface area (Å²) in [5.74, 6) is 0.00202. The number of nitrogens with zero attached hydrogens (tertiary/aromatic N) is 1. The molecule has 25 heavy (non-hydrogen) atoms. The van der Waals surface area contributed by atoms with E-state index in [1.54, 1.807) is 17.0 Å². The van der Waals surface area contributed by atoms with E-state index in [9.17, 15) is 9.59 Å². The molecule has 0 aliphatic carbocycles. The maximum Gasteiger partial charge on any atom is 0.251 e. The van der Waals surface area contributed by atoms with Crippen molar-refractivity contribution in [3.05, 3.63) is 64.7 Å². The maximum atomic E-state index is 12.6. The molecule has 0 radical (unpaired) electrons. The van der Waals surface area contributed by atoms with E-state index in [2.05, 4.69) is 37.4 Å². The van der Waals surface area contributed by atoms with Gasteiger partial charge in [0.15, 0.2) is 0 Å². The van der Waals surface area contributed by atoms with Crippen LogP contribution in [0.25, 0.3) is 0 Å². The molecule has 2 aromatic carbocycles. The number of aryl methyl sites for hydroxylation is 2. The van der Waals surface area contributed by atoms with Crippen molar-refractivity contribution in [3.8, 4) is 0 Å². The Hall–Kier alpha value is -2.62. The molecule has 1 fully saturated rings. The molecule has 1 N–H and O–H groups in total. The monoisotopic (exact) mass is 336 g/mol. The zero-order valence-electron chi connectivity index (χ0n) is 15.0. The number of anilines is 1. The van der Waals surface area contributed by atoms with Gasteiger partial charge in [-0.2, -0.15) is 0 Å². The summed E-state index contributed by atoms with van der Waals surface area (Å²) in [4.78, 5) is 26.3. The predicted molar refractivity (Wildman–Crippen MR) is 99.8 cm³/mol. The minimum absolute atomic E-state index is 0.0785. The Morgan fingerprint density at radius 2 is 1.96 bits per heavy atom. The molecule has 1 aliphatic heterocycles. The zero-order valence-corrected chi connectivity index (χ0v) is 15.0. The van der Waals surface area contributed by atoms with Crippen molar-refractivity contribution in [1.82, 2.24) is 5.32 Å². The number of rotatable bonds is 4. The van der Waals surface area contributed by atoms with E-state index in [4.69, 9.17) is 0 Å². The fourth-order valence-corrected chi connectivity index (χ4v) is 3.41. The predicted octanol–water partition coefficient (Wildman–Crippen LogP) is 3.92. The first-order chi connectivity index (χ1) is 12.0. The first-order valence-electron chi connectivity index (χ1n) is 8.74. The van der Waals surface area contributed by atoms with Gasteiger partial charge < -0.3 is 10.2 Å². The van der Waals surface area contributed by atoms with E-state index in [0.717, 1.165) is 24.2 Å². The smallest absolute Gasteiger partial charge is 0.251 e. The third kappa shape index (κ3) is 3.73. The third-order valence-corrected chi connectivity index (χ3v) is 4.73. The summed E-state index contributed by atoms with van der Waals surface area (Å²) in [5.41, 5.74) is 4.87. The van der Waals surface area contributed by atoms with Gasteiger partial charge in [0.1, 0.15) is 0 Å². The molecule has 0 bridgehead atoms. The Balaban J connectivity index is 1.76. The topological polar surface area (TPSA) is 49.4 Å². The molecule has 0 saturated carbocycles.